The molecule has 14 heteroatoms. The monoisotopic (exact) mass is 567 g/mol. The lowest BCUT2D eigenvalue weighted by Crippen LogP contribution is -2.58. The van der Waals surface area contributed by atoms with Crippen LogP contribution in [-0.2, 0) is 27.1 Å². The molecule has 1 atom stereocenters. The Morgan fingerprint density at radius 2 is 1.70 bits per heavy atom. The summed E-state index contributed by atoms with van der Waals surface area (Å²) in [5.74, 6) is -0.524. The second-order valence-electron chi connectivity index (χ2n) is 8.58. The van der Waals surface area contributed by atoms with Crippen molar-refractivity contribution in [3.8, 4) is 6.07 Å². The predicted molar refractivity (Wildman–Crippen MR) is 117 cm³/mol. The van der Waals surface area contributed by atoms with Gasteiger partial charge in [0.05, 0.1) is 40.5 Å². The van der Waals surface area contributed by atoms with E-state index in [-0.39, 0.29) is 42.4 Å². The van der Waals surface area contributed by atoms with Crippen LogP contribution in [-0.4, -0.2) is 35.8 Å². The fourth-order valence-electron chi connectivity index (χ4n) is 4.15. The lowest BCUT2D eigenvalue weighted by Gasteiger charge is -2.44. The maximum absolute atomic E-state index is 15.1. The summed E-state index contributed by atoms with van der Waals surface area (Å²) in [4.78, 5) is 17.6. The molecular weight excluding hydrogens is 554 g/mol. The van der Waals surface area contributed by atoms with Crippen molar-refractivity contribution >= 4 is 34.8 Å². The summed E-state index contributed by atoms with van der Waals surface area (Å²) < 4.78 is 97.9. The number of nitriles is 1. The summed E-state index contributed by atoms with van der Waals surface area (Å²) in [6, 6.07) is 7.75. The highest BCUT2D eigenvalue weighted by Gasteiger charge is 2.63. The number of carbonyl (C=O) groups excluding carboxylic acids is 1. The van der Waals surface area contributed by atoms with Gasteiger partial charge in [-0.25, -0.2) is 4.39 Å². The van der Waals surface area contributed by atoms with Crippen LogP contribution in [0.3, 0.4) is 0 Å². The van der Waals surface area contributed by atoms with Gasteiger partial charge in [-0.1, -0.05) is 52.6 Å². The minimum Gasteiger partial charge on any atom is -0.374 e. The summed E-state index contributed by atoms with van der Waals surface area (Å²) >= 11 is 11.3. The molecule has 2 aromatic rings. The molecule has 5 nitrogen and oxygen atoms in total. The Labute approximate surface area is 215 Å². The summed E-state index contributed by atoms with van der Waals surface area (Å²) in [7, 11) is 0. The van der Waals surface area contributed by atoms with Gasteiger partial charge in [0, 0.05) is 12.0 Å². The third-order valence-electron chi connectivity index (χ3n) is 6.19. The summed E-state index contributed by atoms with van der Waals surface area (Å²) in [6.07, 6.45) is -11.7. The molecule has 0 N–H and O–H groups in total. The normalized spacial score (nSPS) is 21.1. The van der Waals surface area contributed by atoms with Gasteiger partial charge in [-0.15, -0.1) is 0 Å². The molecule has 2 aromatic carbocycles. The predicted octanol–water partition coefficient (Wildman–Crippen LogP) is 6.52. The number of amides is 1. The van der Waals surface area contributed by atoms with Crippen LogP contribution >= 0.6 is 23.2 Å². The van der Waals surface area contributed by atoms with E-state index in [1.807, 2.05) is 0 Å². The van der Waals surface area contributed by atoms with E-state index >= 15 is 4.39 Å². The zero-order chi connectivity index (χ0) is 27.4. The number of nitrogens with zero attached hydrogens (tertiary/aromatic N) is 3. The number of halogens is 9. The van der Waals surface area contributed by atoms with Crippen molar-refractivity contribution in [2.24, 2.45) is 5.16 Å². The van der Waals surface area contributed by atoms with Gasteiger partial charge in [0.1, 0.15) is 6.42 Å². The molecule has 37 heavy (non-hydrogen) atoms. The molecular formula is C23H14Cl2F7N3O2. The van der Waals surface area contributed by atoms with Gasteiger partial charge >= 0.3 is 12.4 Å². The Morgan fingerprint density at radius 1 is 1.08 bits per heavy atom. The highest BCUT2D eigenvalue weighted by Crippen LogP contribution is 2.51. The summed E-state index contributed by atoms with van der Waals surface area (Å²) in [5.41, 5.74) is -7.64. The number of rotatable bonds is 4. The van der Waals surface area contributed by atoms with E-state index in [4.69, 9.17) is 33.3 Å². The van der Waals surface area contributed by atoms with Crippen molar-refractivity contribution in [3.63, 3.8) is 0 Å². The zero-order valence-corrected chi connectivity index (χ0v) is 19.9. The zero-order valence-electron chi connectivity index (χ0n) is 18.4. The highest BCUT2D eigenvalue weighted by atomic mass is 35.5. The fourth-order valence-corrected chi connectivity index (χ4v) is 4.58. The Balaban J connectivity index is 1.60. The maximum Gasteiger partial charge on any atom is 0.435 e. The van der Waals surface area contributed by atoms with Gasteiger partial charge in [0.15, 0.2) is 5.67 Å². The number of alkyl halides is 7. The molecule has 2 aliphatic heterocycles. The Morgan fingerprint density at radius 3 is 2.24 bits per heavy atom. The van der Waals surface area contributed by atoms with Crippen LogP contribution in [0.2, 0.25) is 10.0 Å². The molecule has 1 amide bonds. The van der Waals surface area contributed by atoms with Crippen LogP contribution in [0.4, 0.5) is 30.7 Å². The summed E-state index contributed by atoms with van der Waals surface area (Å²) in [6.45, 7) is -0.570. The minimum atomic E-state index is -5.20. The maximum atomic E-state index is 15.1. The van der Waals surface area contributed by atoms with E-state index in [9.17, 15) is 31.1 Å². The Hall–Kier alpha value is -3.04. The average molecular weight is 568 g/mol. The van der Waals surface area contributed by atoms with Crippen LogP contribution in [0, 0.1) is 11.3 Å². The first-order valence-electron chi connectivity index (χ1n) is 10.4. The van der Waals surface area contributed by atoms with Gasteiger partial charge in [0.25, 0.3) is 5.60 Å². The molecule has 196 valence electrons. The molecule has 0 aromatic heterocycles. The van der Waals surface area contributed by atoms with Crippen molar-refractivity contribution < 1.29 is 40.4 Å². The van der Waals surface area contributed by atoms with Crippen LogP contribution in [0.15, 0.2) is 41.6 Å². The quantitative estimate of drug-likeness (QED) is 0.395. The first-order valence-corrected chi connectivity index (χ1v) is 11.2. The third kappa shape index (κ3) is 4.70. The number of carbonyl (C=O) groups is 1. The molecule has 1 unspecified atom stereocenters. The van der Waals surface area contributed by atoms with Crippen molar-refractivity contribution in [1.82, 2.24) is 4.90 Å². The fraction of sp³-hybridized carbons (Fsp3) is 0.348. The molecule has 1 fully saturated rings. The van der Waals surface area contributed by atoms with Gasteiger partial charge < -0.3 is 9.74 Å². The molecule has 2 aliphatic rings. The Bertz CT molecular complexity index is 1310. The number of hydrogen-bond donors (Lipinski definition) is 0. The lowest BCUT2D eigenvalue weighted by atomic mass is 9.84. The van der Waals surface area contributed by atoms with Crippen LogP contribution < -0.4 is 0 Å². The molecule has 2 heterocycles. The van der Waals surface area contributed by atoms with E-state index in [0.717, 1.165) is 4.90 Å². The van der Waals surface area contributed by atoms with E-state index in [2.05, 4.69) is 5.16 Å². The lowest BCUT2D eigenvalue weighted by molar-refractivity contribution is -0.276. The molecule has 0 saturated carbocycles. The van der Waals surface area contributed by atoms with Crippen molar-refractivity contribution in [2.75, 3.05) is 13.1 Å². The van der Waals surface area contributed by atoms with E-state index < -0.39 is 57.1 Å². The highest BCUT2D eigenvalue weighted by molar-refractivity contribution is 6.42. The molecule has 0 radical (unpaired) electrons. The SMILES string of the molecule is N#CCC(=O)N1CC(F)(c2ccc(C3=NOC(c4cc(Cl)c(Cl)c(C(F)(F)F)c4)(C(F)(F)F)C3)cc2)C1. The largest absolute Gasteiger partial charge is 0.435 e. The van der Waals surface area contributed by atoms with Crippen molar-refractivity contribution in [2.45, 2.75) is 36.5 Å². The standard InChI is InChI=1S/C23H14Cl2F7N3O2/c24-16-8-14(7-15(19(16)25)22(27,28)29)21(23(30,31)32)9-17(34-37-21)12-1-3-13(4-2-12)20(26)10-35(11-20)18(36)5-6-33/h1-4,7-8H,5,9-11H2. The van der Waals surface area contributed by atoms with Gasteiger partial charge in [-0.05, 0) is 23.3 Å². The van der Waals surface area contributed by atoms with Crippen molar-refractivity contribution in [3.05, 3.63) is 68.7 Å². The van der Waals surface area contributed by atoms with Gasteiger partial charge in [-0.2, -0.15) is 31.6 Å². The van der Waals surface area contributed by atoms with Gasteiger partial charge in [-0.3, -0.25) is 4.79 Å². The molecule has 0 bridgehead atoms. The molecule has 4 rings (SSSR count). The first kappa shape index (κ1) is 27.0. The van der Waals surface area contributed by atoms with E-state index in [1.54, 1.807) is 6.07 Å². The van der Waals surface area contributed by atoms with Crippen LogP contribution in [0.5, 0.6) is 0 Å². The van der Waals surface area contributed by atoms with E-state index in [0.29, 0.717) is 6.07 Å². The number of hydrogen-bond acceptors (Lipinski definition) is 4. The molecule has 0 spiro atoms. The van der Waals surface area contributed by atoms with Crippen LogP contribution in [0.25, 0.3) is 0 Å². The first-order chi connectivity index (χ1) is 17.1. The minimum absolute atomic E-state index is 0.117. The van der Waals surface area contributed by atoms with Crippen molar-refractivity contribution in [1.29, 1.82) is 5.26 Å². The van der Waals surface area contributed by atoms with Crippen LogP contribution in [0.1, 0.15) is 35.1 Å². The second-order valence-corrected chi connectivity index (χ2v) is 9.36. The topological polar surface area (TPSA) is 65.7 Å². The number of likely N-dealkylation sites (tertiary alicyclic amines) is 1. The Kier molecular flexibility index (Phi) is 6.61. The second kappa shape index (κ2) is 9.06. The smallest absolute Gasteiger partial charge is 0.374 e. The van der Waals surface area contributed by atoms with E-state index in [1.165, 1.54) is 24.3 Å². The molecule has 1 saturated heterocycles. The summed E-state index contributed by atoms with van der Waals surface area (Å²) in [5, 5.41) is 10.4. The van der Waals surface area contributed by atoms with Gasteiger partial charge in [0.2, 0.25) is 5.91 Å². The number of benzene rings is 2. The third-order valence-corrected chi connectivity index (χ3v) is 6.99. The number of oxime groups is 1. The average Bonchev–Trinajstić information content (AvgIpc) is 3.25. The molecule has 0 aliphatic carbocycles.